The van der Waals surface area contributed by atoms with Gasteiger partial charge in [-0.25, -0.2) is 4.98 Å². The Hall–Kier alpha value is -2.66. The molecule has 5 heteroatoms. The number of anilines is 1. The predicted molar refractivity (Wildman–Crippen MR) is 91.8 cm³/mol. The van der Waals surface area contributed by atoms with Crippen molar-refractivity contribution in [1.29, 1.82) is 0 Å². The van der Waals surface area contributed by atoms with Crippen molar-refractivity contribution < 1.29 is 13.9 Å². The van der Waals surface area contributed by atoms with E-state index in [1.165, 1.54) is 0 Å². The largest absolute Gasteiger partial charge is 0.436 e. The highest BCUT2D eigenvalue weighted by Crippen LogP contribution is 2.26. The standard InChI is InChI=1S/C19H18N2O3/c1-12-4-9-15-17(11-12)24-19(21-15)13-5-7-14(8-6-13)20-18(22)16-3-2-10-23-16/h4-9,11,16H,2-3,10H2,1H3,(H,20,22). The summed E-state index contributed by atoms with van der Waals surface area (Å²) < 4.78 is 11.2. The van der Waals surface area contributed by atoms with Gasteiger partial charge in [0.1, 0.15) is 11.6 Å². The fourth-order valence-corrected chi connectivity index (χ4v) is 2.86. The van der Waals surface area contributed by atoms with Crippen LogP contribution >= 0.6 is 0 Å². The summed E-state index contributed by atoms with van der Waals surface area (Å²) in [6, 6.07) is 13.4. The van der Waals surface area contributed by atoms with Gasteiger partial charge >= 0.3 is 0 Å². The van der Waals surface area contributed by atoms with Crippen LogP contribution in [0.1, 0.15) is 18.4 Å². The highest BCUT2D eigenvalue weighted by molar-refractivity contribution is 5.94. The van der Waals surface area contributed by atoms with E-state index in [1.54, 1.807) is 0 Å². The number of carbonyl (C=O) groups excluding carboxylic acids is 1. The number of carbonyl (C=O) groups is 1. The summed E-state index contributed by atoms with van der Waals surface area (Å²) in [5.74, 6) is 0.491. The minimum atomic E-state index is -0.329. The normalized spacial score (nSPS) is 17.3. The second-order valence-electron chi connectivity index (χ2n) is 6.06. The number of benzene rings is 2. The van der Waals surface area contributed by atoms with Crippen LogP contribution in [0.2, 0.25) is 0 Å². The predicted octanol–water partition coefficient (Wildman–Crippen LogP) is 3.92. The highest BCUT2D eigenvalue weighted by Gasteiger charge is 2.23. The molecule has 2 heterocycles. The van der Waals surface area contributed by atoms with Crippen LogP contribution in [0.4, 0.5) is 5.69 Å². The molecule has 1 aliphatic heterocycles. The zero-order valence-electron chi connectivity index (χ0n) is 13.4. The first-order valence-electron chi connectivity index (χ1n) is 8.09. The molecule has 1 aromatic heterocycles. The summed E-state index contributed by atoms with van der Waals surface area (Å²) >= 11 is 0. The van der Waals surface area contributed by atoms with Crippen LogP contribution < -0.4 is 5.32 Å². The van der Waals surface area contributed by atoms with Gasteiger partial charge in [-0.05, 0) is 61.7 Å². The van der Waals surface area contributed by atoms with Gasteiger partial charge in [0.25, 0.3) is 5.91 Å². The molecule has 0 spiro atoms. The van der Waals surface area contributed by atoms with Gasteiger partial charge in [0.15, 0.2) is 5.58 Å². The smallest absolute Gasteiger partial charge is 0.253 e. The third-order valence-electron chi connectivity index (χ3n) is 4.17. The maximum Gasteiger partial charge on any atom is 0.253 e. The molecule has 1 fully saturated rings. The van der Waals surface area contributed by atoms with E-state index < -0.39 is 0 Å². The third kappa shape index (κ3) is 2.90. The molecule has 4 rings (SSSR count). The molecule has 1 N–H and O–H groups in total. The molecular formula is C19H18N2O3. The Morgan fingerprint density at radius 2 is 2.04 bits per heavy atom. The van der Waals surface area contributed by atoms with E-state index in [0.29, 0.717) is 12.5 Å². The number of aryl methyl sites for hydroxylation is 1. The van der Waals surface area contributed by atoms with Crippen molar-refractivity contribution in [2.24, 2.45) is 0 Å². The molecule has 3 aromatic rings. The van der Waals surface area contributed by atoms with Crippen molar-refractivity contribution in [3.63, 3.8) is 0 Å². The summed E-state index contributed by atoms with van der Waals surface area (Å²) in [6.07, 6.45) is 1.39. The first-order valence-corrected chi connectivity index (χ1v) is 8.09. The summed E-state index contributed by atoms with van der Waals surface area (Å²) in [6.45, 7) is 2.68. The Bertz CT molecular complexity index is 877. The fourth-order valence-electron chi connectivity index (χ4n) is 2.86. The van der Waals surface area contributed by atoms with E-state index >= 15 is 0 Å². The number of nitrogens with zero attached hydrogens (tertiary/aromatic N) is 1. The van der Waals surface area contributed by atoms with Crippen LogP contribution in [0.25, 0.3) is 22.6 Å². The summed E-state index contributed by atoms with van der Waals surface area (Å²) in [5.41, 5.74) is 4.37. The topological polar surface area (TPSA) is 64.4 Å². The molecule has 1 unspecified atom stereocenters. The van der Waals surface area contributed by atoms with Gasteiger partial charge in [0, 0.05) is 17.9 Å². The van der Waals surface area contributed by atoms with E-state index in [4.69, 9.17) is 9.15 Å². The minimum absolute atomic E-state index is 0.0856. The van der Waals surface area contributed by atoms with Crippen molar-refractivity contribution in [3.8, 4) is 11.5 Å². The first kappa shape index (κ1) is 14.9. The van der Waals surface area contributed by atoms with Gasteiger partial charge in [-0.1, -0.05) is 6.07 Å². The Morgan fingerprint density at radius 1 is 1.21 bits per heavy atom. The zero-order valence-corrected chi connectivity index (χ0v) is 13.4. The maximum atomic E-state index is 12.1. The van der Waals surface area contributed by atoms with E-state index in [0.717, 1.165) is 40.8 Å². The Kier molecular flexibility index (Phi) is 3.78. The number of oxazole rings is 1. The number of nitrogens with one attached hydrogen (secondary N) is 1. The van der Waals surface area contributed by atoms with E-state index in [1.807, 2.05) is 49.4 Å². The van der Waals surface area contributed by atoms with E-state index in [9.17, 15) is 4.79 Å². The first-order chi connectivity index (χ1) is 11.7. The van der Waals surface area contributed by atoms with Gasteiger partial charge in [0.05, 0.1) is 0 Å². The average Bonchev–Trinajstić information content (AvgIpc) is 3.24. The summed E-state index contributed by atoms with van der Waals surface area (Å²) in [5, 5.41) is 2.88. The number of fused-ring (bicyclic) bond motifs is 1. The van der Waals surface area contributed by atoms with Crippen LogP contribution in [0.5, 0.6) is 0 Å². The molecule has 1 aliphatic rings. The van der Waals surface area contributed by atoms with Gasteiger partial charge in [-0.15, -0.1) is 0 Å². The molecule has 0 radical (unpaired) electrons. The lowest BCUT2D eigenvalue weighted by Gasteiger charge is -2.10. The zero-order chi connectivity index (χ0) is 16.5. The molecule has 24 heavy (non-hydrogen) atoms. The molecular weight excluding hydrogens is 304 g/mol. The second-order valence-corrected chi connectivity index (χ2v) is 6.06. The van der Waals surface area contributed by atoms with E-state index in [2.05, 4.69) is 10.3 Å². The molecule has 1 atom stereocenters. The number of aromatic nitrogens is 1. The molecule has 1 amide bonds. The molecule has 0 saturated carbocycles. The lowest BCUT2D eigenvalue weighted by molar-refractivity contribution is -0.124. The molecule has 5 nitrogen and oxygen atoms in total. The van der Waals surface area contributed by atoms with Crippen LogP contribution in [-0.2, 0) is 9.53 Å². The van der Waals surface area contributed by atoms with Gasteiger partial charge in [-0.3, -0.25) is 4.79 Å². The average molecular weight is 322 g/mol. The molecule has 0 aliphatic carbocycles. The molecule has 1 saturated heterocycles. The Morgan fingerprint density at radius 3 is 2.79 bits per heavy atom. The van der Waals surface area contributed by atoms with Crippen LogP contribution in [0.3, 0.4) is 0 Å². The van der Waals surface area contributed by atoms with Crippen LogP contribution in [0, 0.1) is 6.92 Å². The van der Waals surface area contributed by atoms with E-state index in [-0.39, 0.29) is 12.0 Å². The van der Waals surface area contributed by atoms with Crippen molar-refractivity contribution in [2.75, 3.05) is 11.9 Å². The Balaban J connectivity index is 1.53. The number of amides is 1. The third-order valence-corrected chi connectivity index (χ3v) is 4.17. The highest BCUT2D eigenvalue weighted by atomic mass is 16.5. The Labute approximate surface area is 139 Å². The number of rotatable bonds is 3. The SMILES string of the molecule is Cc1ccc2nc(-c3ccc(NC(=O)C4CCCO4)cc3)oc2c1. The summed E-state index contributed by atoms with van der Waals surface area (Å²) in [7, 11) is 0. The lowest BCUT2D eigenvalue weighted by Crippen LogP contribution is -2.26. The van der Waals surface area contributed by atoms with Crippen LogP contribution in [-0.4, -0.2) is 23.6 Å². The molecule has 122 valence electrons. The minimum Gasteiger partial charge on any atom is -0.436 e. The van der Waals surface area contributed by atoms with Crippen molar-refractivity contribution >= 4 is 22.7 Å². The molecule has 2 aromatic carbocycles. The van der Waals surface area contributed by atoms with Crippen LogP contribution in [0.15, 0.2) is 46.9 Å². The lowest BCUT2D eigenvalue weighted by atomic mass is 10.2. The second kappa shape index (κ2) is 6.09. The number of hydrogen-bond acceptors (Lipinski definition) is 4. The van der Waals surface area contributed by atoms with Gasteiger partial charge in [-0.2, -0.15) is 0 Å². The quantitative estimate of drug-likeness (QED) is 0.794. The van der Waals surface area contributed by atoms with Crippen molar-refractivity contribution in [1.82, 2.24) is 4.98 Å². The number of hydrogen-bond donors (Lipinski definition) is 1. The van der Waals surface area contributed by atoms with Gasteiger partial charge < -0.3 is 14.5 Å². The van der Waals surface area contributed by atoms with Crippen molar-refractivity contribution in [2.45, 2.75) is 25.9 Å². The van der Waals surface area contributed by atoms with Crippen molar-refractivity contribution in [3.05, 3.63) is 48.0 Å². The summed E-state index contributed by atoms with van der Waals surface area (Å²) in [4.78, 5) is 16.6. The number of ether oxygens (including phenoxy) is 1. The molecule has 0 bridgehead atoms. The fraction of sp³-hybridized carbons (Fsp3) is 0.263. The monoisotopic (exact) mass is 322 g/mol. The van der Waals surface area contributed by atoms with Gasteiger partial charge in [0.2, 0.25) is 5.89 Å². The maximum absolute atomic E-state index is 12.1.